The van der Waals surface area contributed by atoms with Gasteiger partial charge in [0, 0.05) is 31.6 Å². The van der Waals surface area contributed by atoms with E-state index >= 15 is 0 Å². The second-order valence-corrected chi connectivity index (χ2v) is 7.43. The minimum atomic E-state index is 0.623. The Morgan fingerprint density at radius 1 is 1.24 bits per heavy atom. The number of methoxy groups -OCH3 is 1. The second kappa shape index (κ2) is 7.07. The molecule has 2 saturated carbocycles. The second-order valence-electron chi connectivity index (χ2n) is 6.37. The highest BCUT2D eigenvalue weighted by molar-refractivity contribution is 7.15. The summed E-state index contributed by atoms with van der Waals surface area (Å²) in [7, 11) is 1.75. The van der Waals surface area contributed by atoms with Crippen molar-refractivity contribution in [1.29, 1.82) is 0 Å². The van der Waals surface area contributed by atoms with E-state index in [0.717, 1.165) is 30.6 Å². The number of hydrogen-bond acceptors (Lipinski definition) is 5. The number of rotatable bonds is 10. The number of nitrogens with zero attached hydrogens (tertiary/aromatic N) is 2. The summed E-state index contributed by atoms with van der Waals surface area (Å²) in [6, 6.07) is 0. The van der Waals surface area contributed by atoms with Crippen molar-refractivity contribution in [2.45, 2.75) is 45.8 Å². The molecule has 2 aliphatic rings. The van der Waals surface area contributed by atoms with Gasteiger partial charge in [-0.3, -0.25) is 0 Å². The van der Waals surface area contributed by atoms with Crippen molar-refractivity contribution >= 4 is 16.5 Å². The van der Waals surface area contributed by atoms with Crippen LogP contribution >= 0.6 is 11.3 Å². The van der Waals surface area contributed by atoms with Gasteiger partial charge in [0.2, 0.25) is 0 Å². The quantitative estimate of drug-likeness (QED) is 0.721. The van der Waals surface area contributed by atoms with Crippen LogP contribution in [-0.4, -0.2) is 31.7 Å². The maximum absolute atomic E-state index is 5.33. The largest absolute Gasteiger partial charge is 0.378 e. The van der Waals surface area contributed by atoms with Gasteiger partial charge in [0.25, 0.3) is 0 Å². The molecule has 1 aromatic heterocycles. The minimum absolute atomic E-state index is 0.623. The molecule has 2 aliphatic carbocycles. The zero-order valence-electron chi connectivity index (χ0n) is 13.2. The average Bonchev–Trinajstić information content (AvgIpc) is 3.39. The number of aromatic nitrogens is 1. The Balaban J connectivity index is 1.72. The molecule has 5 heteroatoms. The molecule has 0 aromatic carbocycles. The first kappa shape index (κ1) is 15.3. The van der Waals surface area contributed by atoms with E-state index in [1.807, 2.05) is 11.3 Å². The zero-order valence-corrected chi connectivity index (χ0v) is 14.0. The lowest BCUT2D eigenvalue weighted by Gasteiger charge is -2.21. The molecule has 0 spiro atoms. The van der Waals surface area contributed by atoms with Crippen molar-refractivity contribution in [3.63, 3.8) is 0 Å². The van der Waals surface area contributed by atoms with Crippen LogP contribution in [0.3, 0.4) is 0 Å². The van der Waals surface area contributed by atoms with Crippen molar-refractivity contribution in [3.8, 4) is 0 Å². The predicted octanol–water partition coefficient (Wildman–Crippen LogP) is 3.03. The summed E-state index contributed by atoms with van der Waals surface area (Å²) in [6.45, 7) is 7.08. The van der Waals surface area contributed by atoms with Crippen LogP contribution in [0.2, 0.25) is 0 Å². The van der Waals surface area contributed by atoms with Crippen molar-refractivity contribution in [1.82, 2.24) is 10.3 Å². The van der Waals surface area contributed by atoms with Crippen molar-refractivity contribution < 1.29 is 4.74 Å². The van der Waals surface area contributed by atoms with Gasteiger partial charge < -0.3 is 15.0 Å². The van der Waals surface area contributed by atoms with Gasteiger partial charge in [0.05, 0.1) is 12.3 Å². The molecule has 118 valence electrons. The number of ether oxygens (including phenoxy) is 1. The van der Waals surface area contributed by atoms with Crippen LogP contribution in [0.1, 0.15) is 43.2 Å². The molecule has 0 amide bonds. The zero-order chi connectivity index (χ0) is 14.7. The molecule has 1 aromatic rings. The predicted molar refractivity (Wildman–Crippen MR) is 87.9 cm³/mol. The Bertz CT molecular complexity index is 440. The van der Waals surface area contributed by atoms with Crippen LogP contribution in [0, 0.1) is 11.8 Å². The average molecular weight is 309 g/mol. The minimum Gasteiger partial charge on any atom is -0.378 e. The van der Waals surface area contributed by atoms with Crippen LogP contribution in [0.4, 0.5) is 5.13 Å². The third kappa shape index (κ3) is 4.41. The smallest absolute Gasteiger partial charge is 0.185 e. The highest BCUT2D eigenvalue weighted by atomic mass is 32.1. The monoisotopic (exact) mass is 309 g/mol. The first-order valence-corrected chi connectivity index (χ1v) is 9.05. The van der Waals surface area contributed by atoms with Gasteiger partial charge in [0.1, 0.15) is 0 Å². The van der Waals surface area contributed by atoms with Gasteiger partial charge in [-0.2, -0.15) is 0 Å². The molecule has 0 unspecified atom stereocenters. The Hall–Kier alpha value is -0.650. The summed E-state index contributed by atoms with van der Waals surface area (Å²) in [5, 5.41) is 4.63. The summed E-state index contributed by atoms with van der Waals surface area (Å²) in [5.74, 6) is 1.83. The van der Waals surface area contributed by atoms with Crippen molar-refractivity contribution in [2.75, 3.05) is 31.6 Å². The number of hydrogen-bond donors (Lipinski definition) is 1. The van der Waals surface area contributed by atoms with Crippen LogP contribution in [0.5, 0.6) is 0 Å². The maximum atomic E-state index is 5.33. The van der Waals surface area contributed by atoms with E-state index < -0.39 is 0 Å². The Morgan fingerprint density at radius 2 is 1.90 bits per heavy atom. The van der Waals surface area contributed by atoms with E-state index in [4.69, 9.17) is 9.72 Å². The van der Waals surface area contributed by atoms with Crippen LogP contribution in [-0.2, 0) is 17.9 Å². The van der Waals surface area contributed by atoms with E-state index in [9.17, 15) is 0 Å². The highest BCUT2D eigenvalue weighted by Gasteiger charge is 2.31. The third-order valence-corrected chi connectivity index (χ3v) is 5.36. The molecule has 0 atom stereocenters. The number of anilines is 1. The topological polar surface area (TPSA) is 37.4 Å². The van der Waals surface area contributed by atoms with Crippen LogP contribution < -0.4 is 10.2 Å². The molecular weight excluding hydrogens is 282 g/mol. The van der Waals surface area contributed by atoms with E-state index in [-0.39, 0.29) is 0 Å². The van der Waals surface area contributed by atoms with Gasteiger partial charge in [-0.15, -0.1) is 11.3 Å². The molecule has 21 heavy (non-hydrogen) atoms. The molecule has 2 fully saturated rings. The first-order valence-electron chi connectivity index (χ1n) is 8.23. The number of thiazole rings is 1. The normalized spacial score (nSPS) is 18.2. The van der Waals surface area contributed by atoms with Gasteiger partial charge >= 0.3 is 0 Å². The fourth-order valence-electron chi connectivity index (χ4n) is 2.59. The fourth-order valence-corrected chi connectivity index (χ4v) is 3.64. The lowest BCUT2D eigenvalue weighted by atomic mass is 10.3. The van der Waals surface area contributed by atoms with E-state index in [0.29, 0.717) is 6.61 Å². The van der Waals surface area contributed by atoms with Gasteiger partial charge in [0.15, 0.2) is 5.13 Å². The van der Waals surface area contributed by atoms with Crippen LogP contribution in [0.25, 0.3) is 0 Å². The summed E-state index contributed by atoms with van der Waals surface area (Å²) in [5.41, 5.74) is 1.12. The number of nitrogens with one attached hydrogen (secondary N) is 1. The molecule has 0 radical (unpaired) electrons. The summed E-state index contributed by atoms with van der Waals surface area (Å²) in [4.78, 5) is 8.78. The highest BCUT2D eigenvalue weighted by Crippen LogP contribution is 2.37. The van der Waals surface area contributed by atoms with Crippen molar-refractivity contribution in [2.24, 2.45) is 11.8 Å². The fraction of sp³-hybridized carbons (Fsp3) is 0.812. The van der Waals surface area contributed by atoms with E-state index in [2.05, 4.69) is 17.1 Å². The first-order chi connectivity index (χ1) is 10.3. The maximum Gasteiger partial charge on any atom is 0.185 e. The SMILES string of the molecule is CCNCc1sc(N(CC2CC2)CC2CC2)nc1COC. The molecule has 0 aliphatic heterocycles. The van der Waals surface area contributed by atoms with E-state index in [1.54, 1.807) is 7.11 Å². The molecule has 3 rings (SSSR count). The molecular formula is C16H27N3OS. The third-order valence-electron chi connectivity index (χ3n) is 4.21. The lowest BCUT2D eigenvalue weighted by molar-refractivity contribution is 0.181. The summed E-state index contributed by atoms with van der Waals surface area (Å²) < 4.78 is 5.33. The van der Waals surface area contributed by atoms with Crippen LogP contribution in [0.15, 0.2) is 0 Å². The molecule has 1 N–H and O–H groups in total. The lowest BCUT2D eigenvalue weighted by Crippen LogP contribution is -2.27. The van der Waals surface area contributed by atoms with Gasteiger partial charge in [-0.1, -0.05) is 6.92 Å². The molecule has 0 bridgehead atoms. The van der Waals surface area contributed by atoms with Gasteiger partial charge in [-0.05, 0) is 44.1 Å². The van der Waals surface area contributed by atoms with E-state index in [1.165, 1.54) is 48.8 Å². The van der Waals surface area contributed by atoms with Gasteiger partial charge in [-0.25, -0.2) is 4.98 Å². The Morgan fingerprint density at radius 3 is 2.43 bits per heavy atom. The summed E-state index contributed by atoms with van der Waals surface area (Å²) in [6.07, 6.45) is 5.62. The molecule has 4 nitrogen and oxygen atoms in total. The standard InChI is InChI=1S/C16H27N3OS/c1-3-17-8-15-14(11-20-2)18-16(21-15)19(9-12-4-5-12)10-13-6-7-13/h12-13,17H,3-11H2,1-2H3. The Labute approximate surface area is 131 Å². The molecule has 0 saturated heterocycles. The molecule has 1 heterocycles. The Kier molecular flexibility index (Phi) is 5.14. The summed E-state index contributed by atoms with van der Waals surface area (Å²) >= 11 is 1.86. The van der Waals surface area contributed by atoms with Crippen molar-refractivity contribution in [3.05, 3.63) is 10.6 Å².